The lowest BCUT2D eigenvalue weighted by atomic mass is 10.2. The first kappa shape index (κ1) is 10.8. The minimum absolute atomic E-state index is 0.270. The van der Waals surface area contributed by atoms with Crippen LogP contribution in [0, 0.1) is 6.92 Å². The standard InChI is InChI=1S/C11H17NO2/c1-8-6-7-9(12(8)5)10(13)14-11(2,3)4/h6-7H,1-5H3. The number of nitrogens with zero attached hydrogens (tertiary/aromatic N) is 1. The average molecular weight is 195 g/mol. The molecule has 0 N–H and O–H groups in total. The molecular weight excluding hydrogens is 178 g/mol. The van der Waals surface area contributed by atoms with Crippen LogP contribution in [0.4, 0.5) is 0 Å². The van der Waals surface area contributed by atoms with Gasteiger partial charge in [-0.2, -0.15) is 0 Å². The lowest BCUT2D eigenvalue weighted by Gasteiger charge is -2.19. The number of aromatic nitrogens is 1. The average Bonchev–Trinajstić information content (AvgIpc) is 2.29. The molecule has 78 valence electrons. The van der Waals surface area contributed by atoms with Crippen LogP contribution in [0.15, 0.2) is 12.1 Å². The second kappa shape index (κ2) is 3.48. The van der Waals surface area contributed by atoms with E-state index in [0.29, 0.717) is 5.69 Å². The van der Waals surface area contributed by atoms with Crippen LogP contribution in [0.1, 0.15) is 37.0 Å². The van der Waals surface area contributed by atoms with Gasteiger partial charge in [0.25, 0.3) is 0 Å². The van der Waals surface area contributed by atoms with Crippen LogP contribution in [0.3, 0.4) is 0 Å². The topological polar surface area (TPSA) is 31.2 Å². The molecule has 0 aliphatic carbocycles. The molecule has 0 bridgehead atoms. The SMILES string of the molecule is Cc1ccc(C(=O)OC(C)(C)C)n1C. The van der Waals surface area contributed by atoms with Gasteiger partial charge in [0.05, 0.1) is 0 Å². The smallest absolute Gasteiger partial charge is 0.355 e. The third kappa shape index (κ3) is 2.37. The molecule has 0 aromatic carbocycles. The van der Waals surface area contributed by atoms with Crippen LogP contribution in [0.5, 0.6) is 0 Å². The zero-order valence-corrected chi connectivity index (χ0v) is 9.42. The molecule has 1 rings (SSSR count). The zero-order chi connectivity index (χ0) is 10.9. The number of aryl methyl sites for hydroxylation is 1. The third-order valence-electron chi connectivity index (χ3n) is 1.98. The molecule has 0 aliphatic heterocycles. The van der Waals surface area contributed by atoms with Crippen molar-refractivity contribution in [1.82, 2.24) is 4.57 Å². The Hall–Kier alpha value is -1.25. The Kier molecular flexibility index (Phi) is 2.69. The Bertz CT molecular complexity index is 345. The summed E-state index contributed by atoms with van der Waals surface area (Å²) in [4.78, 5) is 11.7. The van der Waals surface area contributed by atoms with Gasteiger partial charge in [0.1, 0.15) is 11.3 Å². The van der Waals surface area contributed by atoms with Crippen molar-refractivity contribution in [3.8, 4) is 0 Å². The van der Waals surface area contributed by atoms with Gasteiger partial charge in [-0.05, 0) is 39.8 Å². The molecular formula is C11H17NO2. The Balaban J connectivity index is 2.86. The fraction of sp³-hybridized carbons (Fsp3) is 0.545. The molecule has 0 saturated heterocycles. The van der Waals surface area contributed by atoms with Crippen molar-refractivity contribution in [3.05, 3.63) is 23.5 Å². The Morgan fingerprint density at radius 2 is 1.93 bits per heavy atom. The maximum atomic E-state index is 11.7. The predicted molar refractivity (Wildman–Crippen MR) is 55.3 cm³/mol. The summed E-state index contributed by atoms with van der Waals surface area (Å²) in [5.41, 5.74) is 1.21. The highest BCUT2D eigenvalue weighted by molar-refractivity contribution is 5.88. The summed E-state index contributed by atoms with van der Waals surface area (Å²) in [5, 5.41) is 0. The maximum absolute atomic E-state index is 11.7. The van der Waals surface area contributed by atoms with Gasteiger partial charge in [-0.1, -0.05) is 0 Å². The molecule has 3 heteroatoms. The van der Waals surface area contributed by atoms with Crippen molar-refractivity contribution in [3.63, 3.8) is 0 Å². The van der Waals surface area contributed by atoms with Gasteiger partial charge in [-0.3, -0.25) is 0 Å². The number of hydrogen-bond acceptors (Lipinski definition) is 2. The fourth-order valence-electron chi connectivity index (χ4n) is 1.15. The molecule has 0 atom stereocenters. The number of ether oxygens (including phenoxy) is 1. The van der Waals surface area contributed by atoms with Crippen molar-refractivity contribution < 1.29 is 9.53 Å². The van der Waals surface area contributed by atoms with E-state index < -0.39 is 5.60 Å². The third-order valence-corrected chi connectivity index (χ3v) is 1.98. The molecule has 14 heavy (non-hydrogen) atoms. The molecule has 0 fully saturated rings. The van der Waals surface area contributed by atoms with E-state index in [4.69, 9.17) is 4.74 Å². The van der Waals surface area contributed by atoms with Gasteiger partial charge in [0.2, 0.25) is 0 Å². The molecule has 0 saturated carbocycles. The lowest BCUT2D eigenvalue weighted by Crippen LogP contribution is -2.25. The van der Waals surface area contributed by atoms with Crippen molar-refractivity contribution in [2.75, 3.05) is 0 Å². The largest absolute Gasteiger partial charge is 0.455 e. The second-order valence-electron chi connectivity index (χ2n) is 4.42. The molecule has 1 aromatic heterocycles. The Morgan fingerprint density at radius 3 is 2.29 bits per heavy atom. The normalized spacial score (nSPS) is 11.5. The van der Waals surface area contributed by atoms with E-state index in [1.807, 2.05) is 45.4 Å². The highest BCUT2D eigenvalue weighted by Gasteiger charge is 2.19. The number of hydrogen-bond donors (Lipinski definition) is 0. The van der Waals surface area contributed by atoms with Gasteiger partial charge < -0.3 is 9.30 Å². The van der Waals surface area contributed by atoms with Gasteiger partial charge in [-0.25, -0.2) is 4.79 Å². The van der Waals surface area contributed by atoms with E-state index in [1.165, 1.54) is 0 Å². The minimum Gasteiger partial charge on any atom is -0.455 e. The fourth-order valence-corrected chi connectivity index (χ4v) is 1.15. The number of carbonyl (C=O) groups is 1. The van der Waals surface area contributed by atoms with Crippen LogP contribution < -0.4 is 0 Å². The van der Waals surface area contributed by atoms with Crippen molar-refractivity contribution >= 4 is 5.97 Å². The van der Waals surface area contributed by atoms with Crippen LogP contribution in [-0.2, 0) is 11.8 Å². The van der Waals surface area contributed by atoms with Crippen LogP contribution in [0.25, 0.3) is 0 Å². The second-order valence-corrected chi connectivity index (χ2v) is 4.42. The lowest BCUT2D eigenvalue weighted by molar-refractivity contribution is 0.00588. The zero-order valence-electron chi connectivity index (χ0n) is 9.42. The minimum atomic E-state index is -0.435. The molecule has 1 aromatic rings. The number of rotatable bonds is 1. The summed E-state index contributed by atoms with van der Waals surface area (Å²) in [5.74, 6) is -0.270. The highest BCUT2D eigenvalue weighted by Crippen LogP contribution is 2.13. The number of esters is 1. The van der Waals surface area contributed by atoms with E-state index in [2.05, 4.69) is 0 Å². The van der Waals surface area contributed by atoms with Gasteiger partial charge in [0.15, 0.2) is 0 Å². The molecule has 1 heterocycles. The van der Waals surface area contributed by atoms with E-state index in [1.54, 1.807) is 6.07 Å². The van der Waals surface area contributed by atoms with E-state index in [9.17, 15) is 4.79 Å². The van der Waals surface area contributed by atoms with Crippen LogP contribution >= 0.6 is 0 Å². The molecule has 0 aliphatic rings. The summed E-state index contributed by atoms with van der Waals surface area (Å²) >= 11 is 0. The highest BCUT2D eigenvalue weighted by atomic mass is 16.6. The molecule has 0 unspecified atom stereocenters. The van der Waals surface area contributed by atoms with E-state index in [0.717, 1.165) is 5.69 Å². The molecule has 0 spiro atoms. The molecule has 0 radical (unpaired) electrons. The summed E-state index contributed by atoms with van der Waals surface area (Å²) in [7, 11) is 1.86. The monoisotopic (exact) mass is 195 g/mol. The van der Waals surface area contributed by atoms with E-state index in [-0.39, 0.29) is 5.97 Å². The molecule has 0 amide bonds. The van der Waals surface area contributed by atoms with Gasteiger partial charge >= 0.3 is 5.97 Å². The van der Waals surface area contributed by atoms with E-state index >= 15 is 0 Å². The first-order valence-corrected chi connectivity index (χ1v) is 4.67. The summed E-state index contributed by atoms with van der Waals surface area (Å²) in [6.45, 7) is 7.54. The Labute approximate surface area is 84.7 Å². The van der Waals surface area contributed by atoms with Crippen molar-refractivity contribution in [2.24, 2.45) is 7.05 Å². The quantitative estimate of drug-likeness (QED) is 0.644. The van der Waals surface area contributed by atoms with Gasteiger partial charge in [-0.15, -0.1) is 0 Å². The predicted octanol–water partition coefficient (Wildman–Crippen LogP) is 2.29. The summed E-state index contributed by atoms with van der Waals surface area (Å²) in [6, 6.07) is 3.68. The van der Waals surface area contributed by atoms with Crippen LogP contribution in [0.2, 0.25) is 0 Å². The maximum Gasteiger partial charge on any atom is 0.355 e. The summed E-state index contributed by atoms with van der Waals surface area (Å²) in [6.07, 6.45) is 0. The number of carbonyl (C=O) groups excluding carboxylic acids is 1. The van der Waals surface area contributed by atoms with Crippen molar-refractivity contribution in [2.45, 2.75) is 33.3 Å². The van der Waals surface area contributed by atoms with Crippen LogP contribution in [-0.4, -0.2) is 16.1 Å². The van der Waals surface area contributed by atoms with Gasteiger partial charge in [0, 0.05) is 12.7 Å². The first-order chi connectivity index (χ1) is 6.31. The summed E-state index contributed by atoms with van der Waals surface area (Å²) < 4.78 is 7.09. The molecule has 3 nitrogen and oxygen atoms in total. The van der Waals surface area contributed by atoms with Crippen molar-refractivity contribution in [1.29, 1.82) is 0 Å². The first-order valence-electron chi connectivity index (χ1n) is 4.67. The Morgan fingerprint density at radius 1 is 1.36 bits per heavy atom.